The molecule has 144 valence electrons. The van der Waals surface area contributed by atoms with Crippen LogP contribution in [-0.4, -0.2) is 30.0 Å². The second-order valence-electron chi connectivity index (χ2n) is 6.85. The molecule has 1 N–H and O–H groups in total. The van der Waals surface area contributed by atoms with Crippen molar-refractivity contribution in [2.45, 2.75) is 18.9 Å². The summed E-state index contributed by atoms with van der Waals surface area (Å²) in [7, 11) is 0. The molecule has 7 heteroatoms. The van der Waals surface area contributed by atoms with Crippen molar-refractivity contribution in [3.8, 4) is 0 Å². The number of hydrogen-bond acceptors (Lipinski definition) is 3. The molecule has 0 bridgehead atoms. The summed E-state index contributed by atoms with van der Waals surface area (Å²) in [6, 6.07) is 10.4. The minimum Gasteiger partial charge on any atom is -0.371 e. The van der Waals surface area contributed by atoms with Gasteiger partial charge in [-0.2, -0.15) is 0 Å². The Kier molecular flexibility index (Phi) is 5.13. The van der Waals surface area contributed by atoms with Gasteiger partial charge in [-0.3, -0.25) is 9.78 Å². The van der Waals surface area contributed by atoms with Gasteiger partial charge in [0.05, 0.1) is 11.1 Å². The van der Waals surface area contributed by atoms with Gasteiger partial charge in [-0.1, -0.05) is 11.6 Å². The first-order valence-electron chi connectivity index (χ1n) is 9.06. The second kappa shape index (κ2) is 7.72. The molecule has 2 heterocycles. The van der Waals surface area contributed by atoms with Gasteiger partial charge in [-0.15, -0.1) is 0 Å². The lowest BCUT2D eigenvalue weighted by Crippen LogP contribution is -2.45. The molecule has 4 nitrogen and oxygen atoms in total. The summed E-state index contributed by atoms with van der Waals surface area (Å²) in [5, 5.41) is 4.48. The van der Waals surface area contributed by atoms with Crippen molar-refractivity contribution in [1.82, 2.24) is 10.3 Å². The van der Waals surface area contributed by atoms with E-state index in [0.717, 1.165) is 47.9 Å². The number of fused-ring (bicyclic) bond motifs is 1. The third kappa shape index (κ3) is 3.78. The summed E-state index contributed by atoms with van der Waals surface area (Å²) in [5.74, 6) is -1.94. The van der Waals surface area contributed by atoms with Crippen molar-refractivity contribution in [2.24, 2.45) is 0 Å². The SMILES string of the molecule is O=C(NC1CCN(c2ccnc3cc(Cl)ccc23)CC1)c1cc(F)ccc1F. The van der Waals surface area contributed by atoms with Crippen LogP contribution >= 0.6 is 11.6 Å². The number of nitrogens with one attached hydrogen (secondary N) is 1. The molecule has 0 saturated carbocycles. The van der Waals surface area contributed by atoms with Crippen LogP contribution < -0.4 is 10.2 Å². The smallest absolute Gasteiger partial charge is 0.254 e. The van der Waals surface area contributed by atoms with Crippen molar-refractivity contribution in [3.63, 3.8) is 0 Å². The average Bonchev–Trinajstić information content (AvgIpc) is 2.69. The average molecular weight is 402 g/mol. The van der Waals surface area contributed by atoms with Crippen molar-refractivity contribution in [2.75, 3.05) is 18.0 Å². The summed E-state index contributed by atoms with van der Waals surface area (Å²) in [6.45, 7) is 1.47. The largest absolute Gasteiger partial charge is 0.371 e. The highest BCUT2D eigenvalue weighted by molar-refractivity contribution is 6.31. The predicted molar refractivity (Wildman–Crippen MR) is 106 cm³/mol. The fourth-order valence-electron chi connectivity index (χ4n) is 3.58. The Morgan fingerprint density at radius 1 is 1.11 bits per heavy atom. The van der Waals surface area contributed by atoms with Crippen LogP contribution in [0.4, 0.5) is 14.5 Å². The zero-order valence-electron chi connectivity index (χ0n) is 15.0. The summed E-state index contributed by atoms with van der Waals surface area (Å²) in [6.07, 6.45) is 3.18. The van der Waals surface area contributed by atoms with E-state index in [2.05, 4.69) is 15.2 Å². The van der Waals surface area contributed by atoms with Crippen LogP contribution in [-0.2, 0) is 0 Å². The monoisotopic (exact) mass is 401 g/mol. The zero-order valence-corrected chi connectivity index (χ0v) is 15.7. The molecule has 0 atom stereocenters. The maximum Gasteiger partial charge on any atom is 0.254 e. The van der Waals surface area contributed by atoms with E-state index in [1.165, 1.54) is 0 Å². The topological polar surface area (TPSA) is 45.2 Å². The van der Waals surface area contributed by atoms with E-state index in [0.29, 0.717) is 17.9 Å². The van der Waals surface area contributed by atoms with Gasteiger partial charge in [-0.25, -0.2) is 8.78 Å². The van der Waals surface area contributed by atoms with E-state index >= 15 is 0 Å². The van der Waals surface area contributed by atoms with Crippen LogP contribution in [0.15, 0.2) is 48.7 Å². The minimum atomic E-state index is -0.724. The fourth-order valence-corrected chi connectivity index (χ4v) is 3.75. The molecule has 28 heavy (non-hydrogen) atoms. The number of hydrogen-bond donors (Lipinski definition) is 1. The summed E-state index contributed by atoms with van der Waals surface area (Å²) >= 11 is 6.05. The van der Waals surface area contributed by atoms with Crippen LogP contribution in [0.2, 0.25) is 5.02 Å². The van der Waals surface area contributed by atoms with Gasteiger partial charge in [0, 0.05) is 41.4 Å². The number of benzene rings is 2. The van der Waals surface area contributed by atoms with Gasteiger partial charge in [0.1, 0.15) is 11.6 Å². The Bertz CT molecular complexity index is 1040. The zero-order chi connectivity index (χ0) is 19.7. The quantitative estimate of drug-likeness (QED) is 0.699. The summed E-state index contributed by atoms with van der Waals surface area (Å²) < 4.78 is 27.1. The van der Waals surface area contributed by atoms with E-state index in [4.69, 9.17) is 11.6 Å². The first-order valence-corrected chi connectivity index (χ1v) is 9.44. The number of aromatic nitrogens is 1. The van der Waals surface area contributed by atoms with Crippen molar-refractivity contribution >= 4 is 34.1 Å². The molecule has 3 aromatic rings. The molecule has 1 aromatic heterocycles. The normalized spacial score (nSPS) is 15.0. The van der Waals surface area contributed by atoms with Gasteiger partial charge < -0.3 is 10.2 Å². The lowest BCUT2D eigenvalue weighted by molar-refractivity contribution is 0.0926. The predicted octanol–water partition coefficient (Wildman–Crippen LogP) is 4.57. The number of rotatable bonds is 3. The van der Waals surface area contributed by atoms with Gasteiger partial charge in [0.15, 0.2) is 0 Å². The molecular weight excluding hydrogens is 384 g/mol. The fraction of sp³-hybridized carbons (Fsp3) is 0.238. The maximum absolute atomic E-state index is 13.8. The number of carbonyl (C=O) groups is 1. The molecule has 4 rings (SSSR count). The molecule has 0 unspecified atom stereocenters. The molecule has 0 aliphatic carbocycles. The Labute approximate surface area is 166 Å². The van der Waals surface area contributed by atoms with E-state index in [1.807, 2.05) is 24.3 Å². The van der Waals surface area contributed by atoms with Crippen LogP contribution in [0.5, 0.6) is 0 Å². The summed E-state index contributed by atoms with van der Waals surface area (Å²) in [5.41, 5.74) is 1.64. The van der Waals surface area contributed by atoms with Gasteiger partial charge in [0.2, 0.25) is 0 Å². The third-order valence-corrected chi connectivity index (χ3v) is 5.26. The van der Waals surface area contributed by atoms with E-state index in [9.17, 15) is 13.6 Å². The lowest BCUT2D eigenvalue weighted by Gasteiger charge is -2.34. The van der Waals surface area contributed by atoms with E-state index < -0.39 is 17.5 Å². The number of carbonyl (C=O) groups excluding carboxylic acids is 1. The molecule has 1 aliphatic heterocycles. The van der Waals surface area contributed by atoms with Crippen LogP contribution in [0.3, 0.4) is 0 Å². The van der Waals surface area contributed by atoms with Crippen molar-refractivity contribution < 1.29 is 13.6 Å². The Balaban J connectivity index is 1.44. The van der Waals surface area contributed by atoms with Crippen LogP contribution in [0.25, 0.3) is 10.9 Å². The number of halogens is 3. The summed E-state index contributed by atoms with van der Waals surface area (Å²) in [4.78, 5) is 18.9. The lowest BCUT2D eigenvalue weighted by atomic mass is 10.0. The highest BCUT2D eigenvalue weighted by atomic mass is 35.5. The number of anilines is 1. The van der Waals surface area contributed by atoms with E-state index in [1.54, 1.807) is 6.20 Å². The van der Waals surface area contributed by atoms with Crippen molar-refractivity contribution in [3.05, 3.63) is 70.9 Å². The van der Waals surface area contributed by atoms with Gasteiger partial charge in [-0.05, 0) is 55.3 Å². The molecule has 1 fully saturated rings. The molecular formula is C21H18ClF2N3O. The standard InChI is InChI=1S/C21H18ClF2N3O/c22-13-1-3-16-19(11-13)25-8-5-20(16)27-9-6-15(7-10-27)26-21(28)17-12-14(23)2-4-18(17)24/h1-5,8,11-12,15H,6-7,9-10H2,(H,26,28). The number of piperidine rings is 1. The molecule has 1 amide bonds. The molecule has 1 aliphatic rings. The first-order chi connectivity index (χ1) is 13.5. The second-order valence-corrected chi connectivity index (χ2v) is 7.29. The van der Waals surface area contributed by atoms with E-state index in [-0.39, 0.29) is 11.6 Å². The Morgan fingerprint density at radius 3 is 2.68 bits per heavy atom. The maximum atomic E-state index is 13.8. The molecule has 0 radical (unpaired) electrons. The number of pyridine rings is 1. The Hall–Kier alpha value is -2.73. The van der Waals surface area contributed by atoms with Crippen molar-refractivity contribution in [1.29, 1.82) is 0 Å². The third-order valence-electron chi connectivity index (χ3n) is 5.03. The highest BCUT2D eigenvalue weighted by Gasteiger charge is 2.23. The van der Waals surface area contributed by atoms with Crippen LogP contribution in [0.1, 0.15) is 23.2 Å². The Morgan fingerprint density at radius 2 is 1.89 bits per heavy atom. The molecule has 0 spiro atoms. The number of amides is 1. The molecule has 2 aromatic carbocycles. The van der Waals surface area contributed by atoms with Gasteiger partial charge >= 0.3 is 0 Å². The number of nitrogens with zero attached hydrogens (tertiary/aromatic N) is 2. The highest BCUT2D eigenvalue weighted by Crippen LogP contribution is 2.29. The van der Waals surface area contributed by atoms with Crippen LogP contribution in [0, 0.1) is 11.6 Å². The molecule has 1 saturated heterocycles. The first kappa shape index (κ1) is 18.6. The van der Waals surface area contributed by atoms with Gasteiger partial charge in [0.25, 0.3) is 5.91 Å². The minimum absolute atomic E-state index is 0.0889.